The molecule has 1 aromatic carbocycles. The highest BCUT2D eigenvalue weighted by Gasteiger charge is 2.37. The van der Waals surface area contributed by atoms with E-state index in [9.17, 15) is 0 Å². The van der Waals surface area contributed by atoms with Crippen molar-refractivity contribution in [2.75, 3.05) is 25.1 Å². The molecule has 150 valence electrons. The number of hydrogen-bond acceptors (Lipinski definition) is 9. The smallest absolute Gasteiger partial charge is 0.278 e. The Morgan fingerprint density at radius 1 is 1.20 bits per heavy atom. The lowest BCUT2D eigenvalue weighted by Crippen LogP contribution is -2.34. The third-order valence-corrected chi connectivity index (χ3v) is 4.87. The summed E-state index contributed by atoms with van der Waals surface area (Å²) in [6, 6.07) is 12.8. The topological polar surface area (TPSA) is 121 Å². The molecule has 4 rings (SSSR count). The Bertz CT molecular complexity index is 1120. The van der Waals surface area contributed by atoms with Crippen molar-refractivity contribution in [3.8, 4) is 29.5 Å². The Balaban J connectivity index is 1.48. The summed E-state index contributed by atoms with van der Waals surface area (Å²) < 4.78 is 10.8. The molecule has 0 spiro atoms. The lowest BCUT2D eigenvalue weighted by atomic mass is 10.0. The highest BCUT2D eigenvalue weighted by atomic mass is 16.5. The molecule has 1 fully saturated rings. The van der Waals surface area contributed by atoms with Crippen molar-refractivity contribution in [2.45, 2.75) is 18.6 Å². The number of anilines is 1. The molecule has 3 heterocycles. The van der Waals surface area contributed by atoms with Crippen LogP contribution in [0.1, 0.15) is 23.4 Å². The monoisotopic (exact) mass is 402 g/mol. The fraction of sp³-hybridized carbons (Fsp3) is 0.286. The summed E-state index contributed by atoms with van der Waals surface area (Å²) in [5, 5.41) is 30.0. The van der Waals surface area contributed by atoms with E-state index in [0.29, 0.717) is 23.6 Å². The number of nitriles is 1. The van der Waals surface area contributed by atoms with Crippen molar-refractivity contribution < 1.29 is 14.4 Å². The second-order valence-corrected chi connectivity index (χ2v) is 6.76. The van der Waals surface area contributed by atoms with Crippen LogP contribution in [-0.4, -0.2) is 51.2 Å². The number of rotatable bonds is 4. The summed E-state index contributed by atoms with van der Waals surface area (Å²) in [4.78, 5) is 6.08. The van der Waals surface area contributed by atoms with Crippen LogP contribution in [0.5, 0.6) is 0 Å². The quantitative estimate of drug-likeness (QED) is 0.648. The Morgan fingerprint density at radius 3 is 2.63 bits per heavy atom. The maximum Gasteiger partial charge on any atom is 0.278 e. The number of aromatic nitrogens is 4. The number of aliphatic hydroxyl groups excluding tert-OH is 1. The summed E-state index contributed by atoms with van der Waals surface area (Å²) in [5.41, 5.74) is 1.25. The van der Waals surface area contributed by atoms with E-state index in [1.165, 1.54) is 0 Å². The number of ether oxygens (including phenoxy) is 1. The van der Waals surface area contributed by atoms with Crippen LogP contribution < -0.4 is 4.90 Å². The fourth-order valence-corrected chi connectivity index (χ4v) is 3.14. The summed E-state index contributed by atoms with van der Waals surface area (Å²) in [6.45, 7) is 0.973. The largest absolute Gasteiger partial charge is 0.388 e. The molecule has 3 aromatic rings. The Labute approximate surface area is 172 Å². The summed E-state index contributed by atoms with van der Waals surface area (Å²) in [7, 11) is 1.65. The van der Waals surface area contributed by atoms with Gasteiger partial charge in [0.15, 0.2) is 17.3 Å². The van der Waals surface area contributed by atoms with Gasteiger partial charge >= 0.3 is 0 Å². The van der Waals surface area contributed by atoms with E-state index in [1.807, 2.05) is 18.2 Å². The molecule has 1 aliphatic heterocycles. The molecule has 1 aliphatic rings. The van der Waals surface area contributed by atoms with E-state index >= 15 is 0 Å². The van der Waals surface area contributed by atoms with Crippen molar-refractivity contribution in [1.29, 1.82) is 5.26 Å². The van der Waals surface area contributed by atoms with Gasteiger partial charge in [-0.05, 0) is 36.4 Å². The van der Waals surface area contributed by atoms with Gasteiger partial charge in [-0.2, -0.15) is 10.2 Å². The van der Waals surface area contributed by atoms with E-state index < -0.39 is 5.60 Å². The Hall–Kier alpha value is -3.79. The molecule has 1 atom stereocenters. The zero-order valence-corrected chi connectivity index (χ0v) is 16.2. The molecule has 1 saturated heterocycles. The van der Waals surface area contributed by atoms with Gasteiger partial charge in [0.1, 0.15) is 12.2 Å². The van der Waals surface area contributed by atoms with Crippen molar-refractivity contribution in [2.24, 2.45) is 0 Å². The molecule has 0 radical (unpaired) electrons. The summed E-state index contributed by atoms with van der Waals surface area (Å²) in [5.74, 6) is 7.48. The van der Waals surface area contributed by atoms with Crippen molar-refractivity contribution >= 4 is 5.82 Å². The average molecular weight is 402 g/mol. The second kappa shape index (κ2) is 8.29. The minimum atomic E-state index is -0.614. The Morgan fingerprint density at radius 2 is 2.00 bits per heavy atom. The molecular weight excluding hydrogens is 384 g/mol. The maximum absolute atomic E-state index is 9.03. The van der Waals surface area contributed by atoms with Gasteiger partial charge in [0.05, 0.1) is 18.2 Å². The van der Waals surface area contributed by atoms with Crippen LogP contribution in [0, 0.1) is 23.2 Å². The standard InChI is InChI=1S/C21H18N6O3/c1-29-21(9-8-15-2-4-16(12-22)5-3-15)10-11-27(14-21)19-7-6-17(24-25-19)20-23-18(13-28)26-30-20/h2-7,28H,10-11,13-14H2,1H3. The molecule has 0 amide bonds. The number of benzene rings is 1. The predicted molar refractivity (Wildman–Crippen MR) is 106 cm³/mol. The van der Waals surface area contributed by atoms with Crippen LogP contribution in [0.15, 0.2) is 40.9 Å². The fourth-order valence-electron chi connectivity index (χ4n) is 3.14. The van der Waals surface area contributed by atoms with Gasteiger partial charge in [-0.1, -0.05) is 17.0 Å². The van der Waals surface area contributed by atoms with E-state index in [-0.39, 0.29) is 18.3 Å². The SMILES string of the molecule is COC1(C#Cc2ccc(C#N)cc2)CCN(c2ccc(-c3nc(CO)no3)nn2)C1. The van der Waals surface area contributed by atoms with Crippen molar-refractivity contribution in [3.05, 3.63) is 53.3 Å². The minimum Gasteiger partial charge on any atom is -0.388 e. The summed E-state index contributed by atoms with van der Waals surface area (Å²) >= 11 is 0. The van der Waals surface area contributed by atoms with Crippen molar-refractivity contribution in [3.63, 3.8) is 0 Å². The van der Waals surface area contributed by atoms with Crippen LogP contribution in [0.25, 0.3) is 11.6 Å². The highest BCUT2D eigenvalue weighted by molar-refractivity contribution is 5.51. The zero-order valence-electron chi connectivity index (χ0n) is 16.2. The molecule has 0 saturated carbocycles. The zero-order chi connectivity index (χ0) is 21.0. The first kappa shape index (κ1) is 19.5. The van der Waals surface area contributed by atoms with Gasteiger partial charge in [-0.25, -0.2) is 0 Å². The van der Waals surface area contributed by atoms with E-state index in [1.54, 1.807) is 25.3 Å². The van der Waals surface area contributed by atoms with E-state index in [0.717, 1.165) is 18.5 Å². The van der Waals surface area contributed by atoms with Gasteiger partial charge in [0, 0.05) is 25.6 Å². The van der Waals surface area contributed by atoms with Gasteiger partial charge in [-0.3, -0.25) is 0 Å². The van der Waals surface area contributed by atoms with Crippen LogP contribution in [0.2, 0.25) is 0 Å². The molecule has 0 bridgehead atoms. The lowest BCUT2D eigenvalue weighted by Gasteiger charge is -2.22. The van der Waals surface area contributed by atoms with Crippen LogP contribution in [-0.2, 0) is 11.3 Å². The third-order valence-electron chi connectivity index (χ3n) is 4.87. The van der Waals surface area contributed by atoms with Crippen LogP contribution in [0.4, 0.5) is 5.82 Å². The molecule has 2 aromatic heterocycles. The molecule has 1 N–H and O–H groups in total. The first-order valence-corrected chi connectivity index (χ1v) is 9.26. The molecule has 1 unspecified atom stereocenters. The predicted octanol–water partition coefficient (Wildman–Crippen LogP) is 1.54. The number of hydrogen-bond donors (Lipinski definition) is 1. The first-order valence-electron chi connectivity index (χ1n) is 9.26. The molecule has 9 heteroatoms. The molecule has 30 heavy (non-hydrogen) atoms. The Kier molecular flexibility index (Phi) is 5.40. The molecule has 9 nitrogen and oxygen atoms in total. The van der Waals surface area contributed by atoms with Gasteiger partial charge in [0.25, 0.3) is 5.89 Å². The summed E-state index contributed by atoms with van der Waals surface area (Å²) in [6.07, 6.45) is 0.722. The van der Waals surface area contributed by atoms with Crippen molar-refractivity contribution in [1.82, 2.24) is 20.3 Å². The number of methoxy groups -OCH3 is 1. The molecular formula is C21H18N6O3. The third kappa shape index (κ3) is 3.98. The van der Waals surface area contributed by atoms with Gasteiger partial charge in [0.2, 0.25) is 0 Å². The van der Waals surface area contributed by atoms with E-state index in [4.69, 9.17) is 19.6 Å². The second-order valence-electron chi connectivity index (χ2n) is 6.76. The average Bonchev–Trinajstić information content (AvgIpc) is 3.46. The molecule has 0 aliphatic carbocycles. The first-order chi connectivity index (χ1) is 14.6. The van der Waals surface area contributed by atoms with Crippen LogP contribution in [0.3, 0.4) is 0 Å². The number of nitrogens with zero attached hydrogens (tertiary/aromatic N) is 6. The van der Waals surface area contributed by atoms with E-state index in [2.05, 4.69) is 43.1 Å². The normalized spacial score (nSPS) is 18.0. The highest BCUT2D eigenvalue weighted by Crippen LogP contribution is 2.28. The lowest BCUT2D eigenvalue weighted by molar-refractivity contribution is 0.0602. The number of aliphatic hydroxyl groups is 1. The maximum atomic E-state index is 9.03. The van der Waals surface area contributed by atoms with Gasteiger partial charge in [-0.15, -0.1) is 10.2 Å². The van der Waals surface area contributed by atoms with Crippen LogP contribution >= 0.6 is 0 Å². The van der Waals surface area contributed by atoms with Gasteiger partial charge < -0.3 is 19.3 Å². The minimum absolute atomic E-state index is 0.195.